The minimum atomic E-state index is -0.888. The van der Waals surface area contributed by atoms with Crippen molar-refractivity contribution in [3.63, 3.8) is 0 Å². The second-order valence-electron chi connectivity index (χ2n) is 7.15. The van der Waals surface area contributed by atoms with Crippen molar-refractivity contribution >= 4 is 11.6 Å². The van der Waals surface area contributed by atoms with Crippen LogP contribution < -0.4 is 9.47 Å². The van der Waals surface area contributed by atoms with E-state index in [1.807, 2.05) is 6.92 Å². The van der Waals surface area contributed by atoms with E-state index in [0.29, 0.717) is 40.7 Å². The Bertz CT molecular complexity index is 976. The number of hydrogen-bond donors (Lipinski definition) is 1. The molecule has 7 nitrogen and oxygen atoms in total. The lowest BCUT2D eigenvalue weighted by atomic mass is 9.77. The number of aliphatic hydroxyl groups excluding tert-OH is 1. The molecule has 1 aromatic heterocycles. The van der Waals surface area contributed by atoms with Gasteiger partial charge in [0, 0.05) is 19.3 Å². The van der Waals surface area contributed by atoms with Crippen molar-refractivity contribution in [2.24, 2.45) is 5.92 Å². The molecular formula is C20H23ClN2O5. The van der Waals surface area contributed by atoms with Crippen molar-refractivity contribution in [2.45, 2.75) is 44.8 Å². The Morgan fingerprint density at radius 1 is 1.39 bits per heavy atom. The van der Waals surface area contributed by atoms with E-state index in [4.69, 9.17) is 31.6 Å². The molecule has 0 radical (unpaired) electrons. The second-order valence-corrected chi connectivity index (χ2v) is 7.52. The molecule has 1 aliphatic carbocycles. The van der Waals surface area contributed by atoms with Crippen LogP contribution in [0.3, 0.4) is 0 Å². The fourth-order valence-electron chi connectivity index (χ4n) is 3.86. The van der Waals surface area contributed by atoms with Crippen LogP contribution in [0.1, 0.15) is 45.6 Å². The van der Waals surface area contributed by atoms with E-state index >= 15 is 0 Å². The Labute approximate surface area is 169 Å². The minimum absolute atomic E-state index is 0.0341. The molecule has 2 aromatic rings. The molecular weight excluding hydrogens is 384 g/mol. The molecule has 0 fully saturated rings. The van der Waals surface area contributed by atoms with Crippen LogP contribution in [-0.4, -0.2) is 35.1 Å². The van der Waals surface area contributed by atoms with E-state index in [9.17, 15) is 5.11 Å². The first kappa shape index (κ1) is 17.8. The molecule has 0 amide bonds. The van der Waals surface area contributed by atoms with Crippen LogP contribution in [0.5, 0.6) is 11.5 Å². The van der Waals surface area contributed by atoms with Crippen LogP contribution in [0, 0.1) is 5.92 Å². The van der Waals surface area contributed by atoms with Crippen molar-refractivity contribution in [3.8, 4) is 23.0 Å². The molecule has 1 N–H and O–H groups in total. The maximum Gasteiger partial charge on any atom is 0.249 e. The van der Waals surface area contributed by atoms with Crippen LogP contribution in [0.15, 0.2) is 22.3 Å². The summed E-state index contributed by atoms with van der Waals surface area (Å²) in [5.41, 5.74) is 0.544. The predicted octanol–water partition coefficient (Wildman–Crippen LogP) is 4.09. The summed E-state index contributed by atoms with van der Waals surface area (Å²) in [6.07, 6.45) is 1.72. The van der Waals surface area contributed by atoms with E-state index < -0.39 is 11.7 Å². The van der Waals surface area contributed by atoms with Gasteiger partial charge in [-0.2, -0.15) is 0 Å². The Hall–Kier alpha value is -2.25. The summed E-state index contributed by atoms with van der Waals surface area (Å²) in [6.45, 7) is 3.59. The monoisotopic (exact) mass is 407 g/mol. The number of ether oxygens (including phenoxy) is 3. The third kappa shape index (κ3) is 2.76. The van der Waals surface area contributed by atoms with Crippen molar-refractivity contribution in [3.05, 3.63) is 34.4 Å². The topological polar surface area (TPSA) is 86.8 Å². The lowest BCUT2D eigenvalue weighted by Gasteiger charge is -2.38. The first-order valence-electron chi connectivity index (χ1n) is 9.67. The molecule has 1 spiro atoms. The third-order valence-corrected chi connectivity index (χ3v) is 5.82. The van der Waals surface area contributed by atoms with Crippen molar-refractivity contribution in [1.29, 1.82) is 0 Å². The first-order chi connectivity index (χ1) is 13.8. The third-order valence-electron chi connectivity index (χ3n) is 5.45. The largest absolute Gasteiger partial charge is 0.497 e. The number of aromatic nitrogens is 2. The summed E-state index contributed by atoms with van der Waals surface area (Å²) in [5, 5.41) is 17.8. The summed E-state index contributed by atoms with van der Waals surface area (Å²) in [7, 11) is 3.16. The van der Waals surface area contributed by atoms with Gasteiger partial charge in [-0.25, -0.2) is 0 Å². The van der Waals surface area contributed by atoms with Gasteiger partial charge in [-0.3, -0.25) is 0 Å². The highest BCUT2D eigenvalue weighted by Gasteiger charge is 2.51. The second kappa shape index (κ2) is 6.97. The van der Waals surface area contributed by atoms with Gasteiger partial charge in [0.05, 0.1) is 24.8 Å². The van der Waals surface area contributed by atoms with Crippen LogP contribution in [0.2, 0.25) is 5.02 Å². The standard InChI is InChI=1S/C20H23ClN2O5/c1-10-6-5-7-15(26-4)20(10)9-13-14(25-3)8-12(16(21)17(13)28-20)19-23-22-18(27-19)11(2)24/h7-8,10-11,24H,5-6,9H2,1-4H3/t10-,11-,20+/m1/s1/i5D/t5?,10-,11-,20+. The number of halogens is 1. The van der Waals surface area contributed by atoms with Gasteiger partial charge in [0.25, 0.3) is 0 Å². The lowest BCUT2D eigenvalue weighted by Crippen LogP contribution is -2.45. The van der Waals surface area contributed by atoms with E-state index in [-0.39, 0.29) is 24.1 Å². The fraction of sp³-hybridized carbons (Fsp3) is 0.500. The van der Waals surface area contributed by atoms with E-state index in [2.05, 4.69) is 10.2 Å². The molecule has 2 aliphatic rings. The average molecular weight is 408 g/mol. The van der Waals surface area contributed by atoms with Gasteiger partial charge in [-0.15, -0.1) is 10.2 Å². The number of methoxy groups -OCH3 is 2. The average Bonchev–Trinajstić information content (AvgIpc) is 3.32. The molecule has 1 unspecified atom stereocenters. The summed E-state index contributed by atoms with van der Waals surface area (Å²) >= 11 is 6.71. The number of benzene rings is 1. The van der Waals surface area contributed by atoms with Gasteiger partial charge in [0.1, 0.15) is 23.4 Å². The van der Waals surface area contributed by atoms with E-state index in [1.54, 1.807) is 26.4 Å². The molecule has 0 bridgehead atoms. The van der Waals surface area contributed by atoms with Gasteiger partial charge >= 0.3 is 0 Å². The molecule has 0 saturated carbocycles. The fourth-order valence-corrected chi connectivity index (χ4v) is 4.15. The Morgan fingerprint density at radius 2 is 2.18 bits per heavy atom. The van der Waals surface area contributed by atoms with Gasteiger partial charge in [-0.05, 0) is 31.9 Å². The van der Waals surface area contributed by atoms with Crippen LogP contribution in [-0.2, 0) is 11.2 Å². The molecule has 4 atom stereocenters. The van der Waals surface area contributed by atoms with Crippen molar-refractivity contribution in [1.82, 2.24) is 10.2 Å². The number of allylic oxidation sites excluding steroid dienone is 1. The van der Waals surface area contributed by atoms with E-state index in [1.165, 1.54) is 6.92 Å². The molecule has 2 heterocycles. The Balaban J connectivity index is 1.83. The predicted molar refractivity (Wildman–Crippen MR) is 102 cm³/mol. The summed E-state index contributed by atoms with van der Waals surface area (Å²) in [5.74, 6) is 2.00. The normalized spacial score (nSPS) is 27.6. The maximum atomic E-state index is 9.67. The van der Waals surface area contributed by atoms with Gasteiger partial charge < -0.3 is 23.7 Å². The van der Waals surface area contributed by atoms with Crippen LogP contribution >= 0.6 is 11.6 Å². The van der Waals surface area contributed by atoms with Gasteiger partial charge in [0.15, 0.2) is 5.60 Å². The number of aliphatic hydroxyl groups is 1. The zero-order valence-corrected chi connectivity index (χ0v) is 16.9. The molecule has 28 heavy (non-hydrogen) atoms. The molecule has 150 valence electrons. The quantitative estimate of drug-likeness (QED) is 0.816. The molecule has 8 heteroatoms. The number of hydrogen-bond acceptors (Lipinski definition) is 7. The zero-order valence-electron chi connectivity index (χ0n) is 17.2. The van der Waals surface area contributed by atoms with E-state index in [0.717, 1.165) is 5.56 Å². The number of nitrogens with zero attached hydrogens (tertiary/aromatic N) is 2. The Morgan fingerprint density at radius 3 is 2.82 bits per heavy atom. The Kier molecular flexibility index (Phi) is 4.44. The summed E-state index contributed by atoms with van der Waals surface area (Å²) in [4.78, 5) is 0. The maximum absolute atomic E-state index is 9.67. The van der Waals surface area contributed by atoms with Gasteiger partial charge in [0.2, 0.25) is 11.8 Å². The number of fused-ring (bicyclic) bond motifs is 1. The molecule has 4 rings (SSSR count). The lowest BCUT2D eigenvalue weighted by molar-refractivity contribution is 0.00900. The highest BCUT2D eigenvalue weighted by molar-refractivity contribution is 6.35. The highest BCUT2D eigenvalue weighted by atomic mass is 35.5. The molecule has 1 aliphatic heterocycles. The van der Waals surface area contributed by atoms with Crippen molar-refractivity contribution < 1.29 is 25.1 Å². The number of rotatable bonds is 4. The molecule has 0 saturated heterocycles. The van der Waals surface area contributed by atoms with Crippen LogP contribution in [0.4, 0.5) is 0 Å². The van der Waals surface area contributed by atoms with Crippen molar-refractivity contribution in [2.75, 3.05) is 14.2 Å². The zero-order chi connectivity index (χ0) is 20.9. The summed E-state index contributed by atoms with van der Waals surface area (Å²) < 4.78 is 31.4. The molecule has 1 aromatic carbocycles. The highest BCUT2D eigenvalue weighted by Crippen LogP contribution is 2.54. The smallest absolute Gasteiger partial charge is 0.249 e. The first-order valence-corrected chi connectivity index (χ1v) is 9.47. The van der Waals surface area contributed by atoms with Gasteiger partial charge in [-0.1, -0.05) is 18.5 Å². The SMILES string of the molecule is [2H]C1C=C(OC)[C@]2(Cc3c(OC)cc(-c4nnc([C@@H](C)O)o4)c(Cl)c3O2)[C@H](C)C1. The summed E-state index contributed by atoms with van der Waals surface area (Å²) in [6, 6.07) is 1.74. The minimum Gasteiger partial charge on any atom is -0.497 e. The van der Waals surface area contributed by atoms with Crippen LogP contribution in [0.25, 0.3) is 11.5 Å².